The summed E-state index contributed by atoms with van der Waals surface area (Å²) in [6.07, 6.45) is 4.02. The number of aryl methyl sites for hydroxylation is 1. The lowest BCUT2D eigenvalue weighted by molar-refractivity contribution is 0.0784. The topological polar surface area (TPSA) is 20.3 Å². The van der Waals surface area contributed by atoms with Gasteiger partial charge in [-0.3, -0.25) is 4.79 Å². The van der Waals surface area contributed by atoms with Crippen molar-refractivity contribution < 1.29 is 4.79 Å². The standard InChI is InChI=1S/C14H17NO/c1-4-11-7-5-6-10(2)13(11)14(16)15(3)12-8-9-12/h4-7,12H,1,8-9H2,2-3H3. The predicted molar refractivity (Wildman–Crippen MR) is 66.4 cm³/mol. The molecule has 2 heteroatoms. The van der Waals surface area contributed by atoms with Crippen molar-refractivity contribution in [3.8, 4) is 0 Å². The van der Waals surface area contributed by atoms with Crippen LogP contribution in [0.25, 0.3) is 6.08 Å². The molecule has 0 spiro atoms. The molecule has 0 N–H and O–H groups in total. The predicted octanol–water partition coefficient (Wildman–Crippen LogP) is 2.87. The molecule has 0 saturated heterocycles. The van der Waals surface area contributed by atoms with E-state index in [-0.39, 0.29) is 5.91 Å². The van der Waals surface area contributed by atoms with Crippen LogP contribution in [0.2, 0.25) is 0 Å². The molecule has 0 radical (unpaired) electrons. The third-order valence-electron chi connectivity index (χ3n) is 3.15. The summed E-state index contributed by atoms with van der Waals surface area (Å²) >= 11 is 0. The van der Waals surface area contributed by atoms with Gasteiger partial charge in [0.25, 0.3) is 5.91 Å². The number of carbonyl (C=O) groups is 1. The first-order chi connectivity index (χ1) is 7.65. The second-order valence-corrected chi connectivity index (χ2v) is 4.39. The van der Waals surface area contributed by atoms with Crippen LogP contribution in [-0.2, 0) is 0 Å². The molecule has 84 valence electrons. The Bertz CT molecular complexity index is 432. The van der Waals surface area contributed by atoms with Gasteiger partial charge in [-0.2, -0.15) is 0 Å². The van der Waals surface area contributed by atoms with Crippen molar-refractivity contribution in [2.24, 2.45) is 0 Å². The van der Waals surface area contributed by atoms with E-state index in [9.17, 15) is 4.79 Å². The van der Waals surface area contributed by atoms with Gasteiger partial charge in [-0.05, 0) is 30.9 Å². The van der Waals surface area contributed by atoms with E-state index >= 15 is 0 Å². The normalized spacial score (nSPS) is 14.6. The van der Waals surface area contributed by atoms with Gasteiger partial charge in [0.1, 0.15) is 0 Å². The molecule has 16 heavy (non-hydrogen) atoms. The summed E-state index contributed by atoms with van der Waals surface area (Å²) in [7, 11) is 1.89. The Morgan fingerprint density at radius 1 is 1.50 bits per heavy atom. The zero-order valence-corrected chi connectivity index (χ0v) is 9.86. The largest absolute Gasteiger partial charge is 0.339 e. The lowest BCUT2D eigenvalue weighted by Crippen LogP contribution is -2.29. The van der Waals surface area contributed by atoms with E-state index in [1.807, 2.05) is 37.1 Å². The van der Waals surface area contributed by atoms with Gasteiger partial charge < -0.3 is 4.90 Å². The van der Waals surface area contributed by atoms with Crippen LogP contribution in [-0.4, -0.2) is 23.9 Å². The number of rotatable bonds is 3. The van der Waals surface area contributed by atoms with Crippen LogP contribution in [0, 0.1) is 6.92 Å². The van der Waals surface area contributed by atoms with Crippen molar-refractivity contribution in [2.75, 3.05) is 7.05 Å². The highest BCUT2D eigenvalue weighted by Crippen LogP contribution is 2.28. The van der Waals surface area contributed by atoms with Crippen molar-refractivity contribution in [1.29, 1.82) is 0 Å². The summed E-state index contributed by atoms with van der Waals surface area (Å²) < 4.78 is 0. The van der Waals surface area contributed by atoms with Crippen LogP contribution >= 0.6 is 0 Å². The van der Waals surface area contributed by atoms with Crippen LogP contribution in [0.5, 0.6) is 0 Å². The van der Waals surface area contributed by atoms with Gasteiger partial charge in [0, 0.05) is 18.7 Å². The molecule has 1 amide bonds. The fraction of sp³-hybridized carbons (Fsp3) is 0.357. The third-order valence-corrected chi connectivity index (χ3v) is 3.15. The van der Waals surface area contributed by atoms with Gasteiger partial charge in [0.05, 0.1) is 0 Å². The fourth-order valence-electron chi connectivity index (χ4n) is 1.96. The fourth-order valence-corrected chi connectivity index (χ4v) is 1.96. The van der Waals surface area contributed by atoms with Crippen molar-refractivity contribution in [3.05, 3.63) is 41.5 Å². The van der Waals surface area contributed by atoms with Gasteiger partial charge in [-0.25, -0.2) is 0 Å². The van der Waals surface area contributed by atoms with Crippen LogP contribution < -0.4 is 0 Å². The van der Waals surface area contributed by atoms with Crippen LogP contribution in [0.3, 0.4) is 0 Å². The van der Waals surface area contributed by atoms with Crippen molar-refractivity contribution in [1.82, 2.24) is 4.90 Å². The van der Waals surface area contributed by atoms with Gasteiger partial charge in [0.2, 0.25) is 0 Å². The quantitative estimate of drug-likeness (QED) is 0.759. The summed E-state index contributed by atoms with van der Waals surface area (Å²) in [6, 6.07) is 6.32. The Kier molecular flexibility index (Phi) is 2.82. The molecule has 0 heterocycles. The number of nitrogens with zero attached hydrogens (tertiary/aromatic N) is 1. The van der Waals surface area contributed by atoms with Gasteiger partial charge in [0.15, 0.2) is 0 Å². The summed E-state index contributed by atoms with van der Waals surface area (Å²) in [6.45, 7) is 5.74. The maximum absolute atomic E-state index is 12.3. The number of benzene rings is 1. The first-order valence-corrected chi connectivity index (χ1v) is 5.64. The van der Waals surface area contributed by atoms with Crippen LogP contribution in [0.1, 0.15) is 34.3 Å². The Morgan fingerprint density at radius 3 is 2.75 bits per heavy atom. The molecule has 1 aromatic carbocycles. The number of carbonyl (C=O) groups excluding carboxylic acids is 1. The lowest BCUT2D eigenvalue weighted by atomic mass is 10.0. The van der Waals surface area contributed by atoms with E-state index in [4.69, 9.17) is 0 Å². The molecular weight excluding hydrogens is 198 g/mol. The van der Waals surface area contributed by atoms with E-state index in [1.165, 1.54) is 0 Å². The van der Waals surface area contributed by atoms with Crippen LogP contribution in [0.15, 0.2) is 24.8 Å². The smallest absolute Gasteiger partial charge is 0.254 e. The molecule has 1 aromatic rings. The second-order valence-electron chi connectivity index (χ2n) is 4.39. The minimum absolute atomic E-state index is 0.121. The summed E-state index contributed by atoms with van der Waals surface area (Å²) in [5.74, 6) is 0.121. The Balaban J connectivity index is 2.37. The zero-order valence-electron chi connectivity index (χ0n) is 9.86. The molecule has 1 aliphatic rings. The molecular formula is C14H17NO. The summed E-state index contributed by atoms with van der Waals surface area (Å²) in [5, 5.41) is 0. The van der Waals surface area contributed by atoms with E-state index in [2.05, 4.69) is 6.58 Å². The summed E-state index contributed by atoms with van der Waals surface area (Å²) in [5.41, 5.74) is 2.75. The lowest BCUT2D eigenvalue weighted by Gasteiger charge is -2.19. The van der Waals surface area contributed by atoms with E-state index in [0.29, 0.717) is 6.04 Å². The molecule has 0 aromatic heterocycles. The highest BCUT2D eigenvalue weighted by molar-refractivity contribution is 5.99. The maximum atomic E-state index is 12.3. The van der Waals surface area contributed by atoms with Gasteiger partial charge in [-0.1, -0.05) is 30.9 Å². The monoisotopic (exact) mass is 215 g/mol. The molecule has 0 unspecified atom stereocenters. The number of hydrogen-bond acceptors (Lipinski definition) is 1. The SMILES string of the molecule is C=Cc1cccc(C)c1C(=O)N(C)C1CC1. The molecule has 0 aliphatic heterocycles. The first-order valence-electron chi connectivity index (χ1n) is 5.64. The Labute approximate surface area is 96.6 Å². The minimum atomic E-state index is 0.121. The average Bonchev–Trinajstić information content (AvgIpc) is 3.10. The highest BCUT2D eigenvalue weighted by Gasteiger charge is 2.31. The first kappa shape index (κ1) is 10.9. The second kappa shape index (κ2) is 4.12. The molecule has 0 atom stereocenters. The zero-order chi connectivity index (χ0) is 11.7. The molecule has 1 saturated carbocycles. The van der Waals surface area contributed by atoms with Crippen molar-refractivity contribution in [2.45, 2.75) is 25.8 Å². The summed E-state index contributed by atoms with van der Waals surface area (Å²) in [4.78, 5) is 14.2. The average molecular weight is 215 g/mol. The molecule has 1 aliphatic carbocycles. The van der Waals surface area contributed by atoms with Crippen molar-refractivity contribution in [3.63, 3.8) is 0 Å². The van der Waals surface area contributed by atoms with E-state index in [1.54, 1.807) is 6.08 Å². The van der Waals surface area contributed by atoms with Crippen molar-refractivity contribution >= 4 is 12.0 Å². The van der Waals surface area contributed by atoms with E-state index < -0.39 is 0 Å². The highest BCUT2D eigenvalue weighted by atomic mass is 16.2. The third kappa shape index (κ3) is 1.87. The van der Waals surface area contributed by atoms with E-state index in [0.717, 1.165) is 29.5 Å². The molecule has 1 fully saturated rings. The van der Waals surface area contributed by atoms with Crippen LogP contribution in [0.4, 0.5) is 0 Å². The maximum Gasteiger partial charge on any atom is 0.254 e. The number of amides is 1. The molecule has 2 nitrogen and oxygen atoms in total. The Morgan fingerprint density at radius 2 is 2.19 bits per heavy atom. The van der Waals surface area contributed by atoms with Gasteiger partial charge in [-0.15, -0.1) is 0 Å². The van der Waals surface area contributed by atoms with Gasteiger partial charge >= 0.3 is 0 Å². The number of hydrogen-bond donors (Lipinski definition) is 0. The molecule has 2 rings (SSSR count). The molecule has 0 bridgehead atoms. The Hall–Kier alpha value is -1.57. The minimum Gasteiger partial charge on any atom is -0.339 e.